The molecule has 0 saturated heterocycles. The molecule has 10 heteroatoms. The minimum Gasteiger partial charge on any atom is -0.368 e. The normalized spacial score (nSPS) is 22.9. The summed E-state index contributed by atoms with van der Waals surface area (Å²) in [5.74, 6) is 1.32. The van der Waals surface area contributed by atoms with Gasteiger partial charge in [-0.3, -0.25) is 9.20 Å². The zero-order valence-electron chi connectivity index (χ0n) is 17.2. The van der Waals surface area contributed by atoms with Gasteiger partial charge in [0.25, 0.3) is 0 Å². The highest BCUT2D eigenvalue weighted by atomic mass is 19.4. The van der Waals surface area contributed by atoms with Crippen molar-refractivity contribution >= 4 is 23.2 Å². The predicted molar refractivity (Wildman–Crippen MR) is 113 cm³/mol. The van der Waals surface area contributed by atoms with Gasteiger partial charge in [-0.1, -0.05) is 12.1 Å². The van der Waals surface area contributed by atoms with E-state index < -0.39 is 11.9 Å². The third kappa shape index (κ3) is 4.09. The van der Waals surface area contributed by atoms with Crippen molar-refractivity contribution in [2.75, 3.05) is 10.6 Å². The molecule has 32 heavy (non-hydrogen) atoms. The second-order valence-corrected chi connectivity index (χ2v) is 8.38. The van der Waals surface area contributed by atoms with E-state index in [-0.39, 0.29) is 29.7 Å². The average Bonchev–Trinajstić information content (AvgIpc) is 3.40. The molecular formula is C22H23F3N6O. The van der Waals surface area contributed by atoms with E-state index in [0.29, 0.717) is 12.2 Å². The number of fused-ring (bicyclic) bond motifs is 2. The lowest BCUT2D eigenvalue weighted by Gasteiger charge is -2.31. The second-order valence-electron chi connectivity index (χ2n) is 8.38. The molecule has 0 bridgehead atoms. The van der Waals surface area contributed by atoms with Crippen LogP contribution in [0.4, 0.5) is 24.8 Å². The van der Waals surface area contributed by atoms with Crippen LogP contribution in [0.1, 0.15) is 36.9 Å². The number of nitrogens with one attached hydrogen (secondary N) is 3. The first-order valence-corrected chi connectivity index (χ1v) is 10.7. The van der Waals surface area contributed by atoms with E-state index in [1.165, 1.54) is 4.40 Å². The van der Waals surface area contributed by atoms with Gasteiger partial charge in [0, 0.05) is 30.9 Å². The molecule has 0 radical (unpaired) electrons. The van der Waals surface area contributed by atoms with Gasteiger partial charge >= 0.3 is 6.18 Å². The Kier molecular flexibility index (Phi) is 5.15. The fourth-order valence-electron chi connectivity index (χ4n) is 4.49. The Bertz CT molecular complexity index is 1110. The number of carbonyl (C=O) groups is 1. The van der Waals surface area contributed by atoms with Crippen LogP contribution in [-0.2, 0) is 17.4 Å². The fraction of sp³-hybridized carbons (Fsp3) is 0.409. The van der Waals surface area contributed by atoms with Gasteiger partial charge in [0.2, 0.25) is 5.91 Å². The van der Waals surface area contributed by atoms with Gasteiger partial charge in [-0.2, -0.15) is 13.2 Å². The van der Waals surface area contributed by atoms with Crippen molar-refractivity contribution in [1.29, 1.82) is 0 Å². The van der Waals surface area contributed by atoms with Crippen LogP contribution in [0.2, 0.25) is 0 Å². The summed E-state index contributed by atoms with van der Waals surface area (Å²) in [5, 5.41) is 9.65. The average molecular weight is 444 g/mol. The number of alkyl halides is 3. The summed E-state index contributed by atoms with van der Waals surface area (Å²) in [6, 6.07) is 8.72. The van der Waals surface area contributed by atoms with Gasteiger partial charge in [-0.25, -0.2) is 9.97 Å². The third-order valence-electron chi connectivity index (χ3n) is 6.15. The van der Waals surface area contributed by atoms with E-state index in [1.807, 2.05) is 12.1 Å². The monoisotopic (exact) mass is 444 g/mol. The van der Waals surface area contributed by atoms with Crippen LogP contribution in [0, 0.1) is 0 Å². The van der Waals surface area contributed by atoms with Gasteiger partial charge in [-0.15, -0.1) is 0 Å². The zero-order valence-corrected chi connectivity index (χ0v) is 17.2. The number of aromatic nitrogens is 3. The van der Waals surface area contributed by atoms with Crippen molar-refractivity contribution in [2.45, 2.75) is 56.4 Å². The number of carbonyl (C=O) groups excluding carboxylic acids is 1. The molecule has 1 aliphatic carbocycles. The molecule has 7 nitrogen and oxygen atoms in total. The first-order chi connectivity index (χ1) is 15.4. The lowest BCUT2D eigenvalue weighted by molar-refractivity contribution is -0.140. The minimum atomic E-state index is -4.48. The molecule has 1 unspecified atom stereocenters. The van der Waals surface area contributed by atoms with E-state index in [2.05, 4.69) is 25.9 Å². The summed E-state index contributed by atoms with van der Waals surface area (Å²) in [7, 11) is 0. The van der Waals surface area contributed by atoms with Crippen molar-refractivity contribution in [1.82, 2.24) is 19.7 Å². The minimum absolute atomic E-state index is 0.0257. The number of hydrogen-bond donors (Lipinski definition) is 3. The number of amides is 1. The van der Waals surface area contributed by atoms with Crippen LogP contribution >= 0.6 is 0 Å². The first-order valence-electron chi connectivity index (χ1n) is 10.7. The Hall–Kier alpha value is -3.30. The molecule has 1 amide bonds. The van der Waals surface area contributed by atoms with Gasteiger partial charge in [0.05, 0.1) is 0 Å². The maximum Gasteiger partial charge on any atom is 0.434 e. The highest BCUT2D eigenvalue weighted by Gasteiger charge is 2.34. The Labute approximate surface area is 182 Å². The van der Waals surface area contributed by atoms with Crippen molar-refractivity contribution < 1.29 is 18.0 Å². The van der Waals surface area contributed by atoms with E-state index >= 15 is 0 Å². The SMILES string of the molecule is O=C(NC1CCC(Nc2cccc3nc(C(F)(F)F)cn23)CC1)C1Cc2cccnc2N1. The molecule has 0 spiro atoms. The summed E-state index contributed by atoms with van der Waals surface area (Å²) in [5.41, 5.74) is 0.391. The van der Waals surface area contributed by atoms with Crippen LogP contribution in [0.3, 0.4) is 0 Å². The van der Waals surface area contributed by atoms with Gasteiger partial charge < -0.3 is 16.0 Å². The molecule has 168 valence electrons. The zero-order chi connectivity index (χ0) is 22.3. The largest absolute Gasteiger partial charge is 0.434 e. The molecule has 3 N–H and O–H groups in total. The predicted octanol–water partition coefficient (Wildman–Crippen LogP) is 3.62. The third-order valence-corrected chi connectivity index (χ3v) is 6.15. The molecule has 1 aliphatic heterocycles. The van der Waals surface area contributed by atoms with Crippen LogP contribution < -0.4 is 16.0 Å². The van der Waals surface area contributed by atoms with Crippen molar-refractivity contribution in [3.8, 4) is 0 Å². The summed E-state index contributed by atoms with van der Waals surface area (Å²) in [6.07, 6.45) is 2.08. The van der Waals surface area contributed by atoms with E-state index in [9.17, 15) is 18.0 Å². The number of hydrogen-bond acceptors (Lipinski definition) is 5. The molecule has 4 heterocycles. The van der Waals surface area contributed by atoms with Crippen molar-refractivity contribution in [2.24, 2.45) is 0 Å². The number of anilines is 2. The molecular weight excluding hydrogens is 421 g/mol. The summed E-state index contributed by atoms with van der Waals surface area (Å²) < 4.78 is 40.5. The van der Waals surface area contributed by atoms with E-state index in [0.717, 1.165) is 43.3 Å². The first kappa shape index (κ1) is 20.6. The number of pyridine rings is 2. The Morgan fingerprint density at radius 3 is 2.62 bits per heavy atom. The smallest absolute Gasteiger partial charge is 0.368 e. The van der Waals surface area contributed by atoms with Gasteiger partial charge in [-0.05, 0) is 49.4 Å². The Morgan fingerprint density at radius 2 is 1.88 bits per heavy atom. The standard InChI is InChI=1S/C22H23F3N6O/c23-22(24,25)17-12-31-18(4-1-5-19(31)30-17)27-14-6-8-15(9-7-14)28-21(32)16-11-13-3-2-10-26-20(13)29-16/h1-5,10,12,14-16,27H,6-9,11H2,(H,26,29)(H,28,32). The molecule has 3 aromatic heterocycles. The Balaban J connectivity index is 1.16. The lowest BCUT2D eigenvalue weighted by Crippen LogP contribution is -2.46. The highest BCUT2D eigenvalue weighted by molar-refractivity contribution is 5.87. The molecule has 1 atom stereocenters. The van der Waals surface area contributed by atoms with E-state index in [1.54, 1.807) is 24.4 Å². The number of halogens is 3. The number of rotatable bonds is 4. The maximum absolute atomic E-state index is 13.0. The summed E-state index contributed by atoms with van der Waals surface area (Å²) in [4.78, 5) is 20.6. The molecule has 5 rings (SSSR count). The molecule has 1 saturated carbocycles. The quantitative estimate of drug-likeness (QED) is 0.573. The summed E-state index contributed by atoms with van der Waals surface area (Å²) in [6.45, 7) is 0. The highest BCUT2D eigenvalue weighted by Crippen LogP contribution is 2.30. The summed E-state index contributed by atoms with van der Waals surface area (Å²) >= 11 is 0. The van der Waals surface area contributed by atoms with Crippen LogP contribution in [-0.4, -0.2) is 38.4 Å². The topological polar surface area (TPSA) is 83.4 Å². The molecule has 0 aromatic carbocycles. The van der Waals surface area contributed by atoms with Gasteiger partial charge in [0.15, 0.2) is 5.69 Å². The molecule has 1 fully saturated rings. The van der Waals surface area contributed by atoms with Crippen molar-refractivity contribution in [3.05, 3.63) is 54.0 Å². The maximum atomic E-state index is 13.0. The fourth-order valence-corrected chi connectivity index (χ4v) is 4.49. The second kappa shape index (κ2) is 7.99. The van der Waals surface area contributed by atoms with Crippen molar-refractivity contribution in [3.63, 3.8) is 0 Å². The van der Waals surface area contributed by atoms with Crippen LogP contribution in [0.15, 0.2) is 42.7 Å². The number of imidazole rings is 1. The van der Waals surface area contributed by atoms with E-state index in [4.69, 9.17) is 0 Å². The lowest BCUT2D eigenvalue weighted by atomic mass is 9.91. The van der Waals surface area contributed by atoms with Gasteiger partial charge in [0.1, 0.15) is 23.3 Å². The Morgan fingerprint density at radius 1 is 1.09 bits per heavy atom. The van der Waals surface area contributed by atoms with Crippen LogP contribution in [0.5, 0.6) is 0 Å². The molecule has 2 aliphatic rings. The molecule has 3 aromatic rings. The number of nitrogens with zero attached hydrogens (tertiary/aromatic N) is 3. The van der Waals surface area contributed by atoms with Crippen LogP contribution in [0.25, 0.3) is 5.65 Å².